The van der Waals surface area contributed by atoms with E-state index in [1.165, 1.54) is 86.1 Å². The van der Waals surface area contributed by atoms with Crippen LogP contribution in [0.25, 0.3) is 11.4 Å². The van der Waals surface area contributed by atoms with Gasteiger partial charge in [0.2, 0.25) is 17.7 Å². The van der Waals surface area contributed by atoms with Crippen molar-refractivity contribution in [1.29, 1.82) is 0 Å². The number of ether oxygens (including phenoxy) is 1. The molecule has 2 aromatic carbocycles. The third kappa shape index (κ3) is 12.3. The van der Waals surface area contributed by atoms with Crippen LogP contribution >= 0.6 is 11.6 Å². The second kappa shape index (κ2) is 21.9. The van der Waals surface area contributed by atoms with E-state index in [0.717, 1.165) is 19.2 Å². The Morgan fingerprint density at radius 3 is 1.48 bits per heavy atom. The monoisotopic (exact) mass is 942 g/mol. The molecule has 0 aliphatic carbocycles. The van der Waals surface area contributed by atoms with Crippen molar-refractivity contribution >= 4 is 52.5 Å². The average molecular weight is 943 g/mol. The Hall–Kier alpha value is -6.84. The summed E-state index contributed by atoms with van der Waals surface area (Å²) in [5, 5.41) is 7.78. The van der Waals surface area contributed by atoms with Crippen molar-refractivity contribution < 1.29 is 50.3 Å². The van der Waals surface area contributed by atoms with E-state index in [2.05, 4.69) is 25.7 Å². The van der Waals surface area contributed by atoms with Crippen LogP contribution in [0.2, 0.25) is 5.02 Å². The highest BCUT2D eigenvalue weighted by atomic mass is 35.5. The summed E-state index contributed by atoms with van der Waals surface area (Å²) >= 11 is 5.80. The number of nitrogens with one attached hydrogen (secondary N) is 3. The van der Waals surface area contributed by atoms with Crippen LogP contribution in [0.3, 0.4) is 0 Å². The molecule has 3 aromatic heterocycles. The van der Waals surface area contributed by atoms with Gasteiger partial charge >= 0.3 is 5.97 Å². The maximum Gasteiger partial charge on any atom is 0.310 e. The van der Waals surface area contributed by atoms with Crippen LogP contribution < -0.4 is 27.1 Å². The van der Waals surface area contributed by atoms with Gasteiger partial charge in [-0.15, -0.1) is 0 Å². The highest BCUT2D eigenvalue weighted by Gasteiger charge is 2.44. The molecule has 2 aliphatic rings. The van der Waals surface area contributed by atoms with Gasteiger partial charge in [-0.05, 0) is 48.5 Å². The molecule has 4 atom stereocenters. The fourth-order valence-corrected chi connectivity index (χ4v) is 7.67. The molecular weight excluding hydrogens is 902 g/mol. The first-order valence-corrected chi connectivity index (χ1v) is 20.5. The summed E-state index contributed by atoms with van der Waals surface area (Å²) in [6, 6.07) is 19.6. The molecule has 0 saturated carbocycles. The van der Waals surface area contributed by atoms with E-state index in [1.807, 2.05) is 0 Å². The van der Waals surface area contributed by atoms with Gasteiger partial charge < -0.3 is 20.7 Å². The van der Waals surface area contributed by atoms with Crippen molar-refractivity contribution in [3.63, 3.8) is 0 Å². The molecule has 348 valence electrons. The molecule has 3 amide bonds. The summed E-state index contributed by atoms with van der Waals surface area (Å²) in [7, 11) is 1.15. The molecule has 66 heavy (non-hydrogen) atoms. The van der Waals surface area contributed by atoms with Gasteiger partial charge in [-0.3, -0.25) is 47.7 Å². The number of esters is 1. The summed E-state index contributed by atoms with van der Waals surface area (Å²) in [6.45, 7) is -1.50. The lowest BCUT2D eigenvalue weighted by Gasteiger charge is -2.18. The number of alkyl halides is 4. The maximum absolute atomic E-state index is 14.8. The highest BCUT2D eigenvalue weighted by Crippen LogP contribution is 2.30. The van der Waals surface area contributed by atoms with Crippen molar-refractivity contribution in [2.45, 2.75) is 12.9 Å². The number of hydrogen-bond acceptors (Lipinski definition) is 10. The lowest BCUT2D eigenvalue weighted by Crippen LogP contribution is -2.36. The molecule has 0 spiro atoms. The zero-order valence-electron chi connectivity index (χ0n) is 34.8. The minimum atomic E-state index is -2.65. The van der Waals surface area contributed by atoms with E-state index in [9.17, 15) is 55.1 Å². The van der Waals surface area contributed by atoms with Gasteiger partial charge in [0.25, 0.3) is 24.0 Å². The number of methoxy groups -OCH3 is 1. The second-order valence-corrected chi connectivity index (χ2v) is 15.6. The molecule has 22 heteroatoms. The molecule has 2 saturated heterocycles. The molecule has 3 N–H and O–H groups in total. The number of likely N-dealkylation sites (tertiary alicyclic amines) is 2. The number of aromatic nitrogens is 3. The Morgan fingerprint density at radius 1 is 0.652 bits per heavy atom. The maximum atomic E-state index is 14.8. The second-order valence-electron chi connectivity index (χ2n) is 15.1. The van der Waals surface area contributed by atoms with Crippen LogP contribution in [-0.4, -0.2) is 107 Å². The van der Waals surface area contributed by atoms with Crippen molar-refractivity contribution in [1.82, 2.24) is 23.9 Å². The molecule has 0 bridgehead atoms. The first kappa shape index (κ1) is 48.6. The number of anilines is 3. The molecule has 15 nitrogen and oxygen atoms in total. The number of nitrogens with zero attached hydrogens (tertiary/aromatic N) is 5. The standard InChI is InChI=1S/C24H21ClF3N5O3.C20H20F3N3O4/c25-14-4-7-21(29-10-14)31-24(36)17-12-32(13-20(27)28)11-16(17)23(35)30-19-6-5-15(9-18(19)26)33-8-2-1-3-22(33)34;1-30-20(29)14-10-25(11-17(22)23)9-13(14)19(28)24-16-6-5-12(8-15(16)21)26-7-3-2-4-18(26)27/h1-10,16-17,20H,11-13H2,(H,30,35)(H,29,31,36);2-8,13-14,17H,9-11H2,1H3,(H,24,28)/t16-,17-;13-,14-/m00/s1. The smallest absolute Gasteiger partial charge is 0.310 e. The van der Waals surface area contributed by atoms with E-state index in [4.69, 9.17) is 11.6 Å². The first-order chi connectivity index (χ1) is 31.5. The minimum Gasteiger partial charge on any atom is -0.469 e. The predicted molar refractivity (Wildman–Crippen MR) is 230 cm³/mol. The van der Waals surface area contributed by atoms with Crippen LogP contribution in [0.4, 0.5) is 43.5 Å². The van der Waals surface area contributed by atoms with Gasteiger partial charge in [-0.2, -0.15) is 0 Å². The Bertz CT molecular complexity index is 2670. The highest BCUT2D eigenvalue weighted by molar-refractivity contribution is 6.30. The molecular formula is C44H41ClF6N8O7. The number of rotatable bonds is 13. The van der Waals surface area contributed by atoms with Crippen molar-refractivity contribution in [3.05, 3.63) is 141 Å². The largest absolute Gasteiger partial charge is 0.469 e. The van der Waals surface area contributed by atoms with Gasteiger partial charge in [0.15, 0.2) is 0 Å². The third-order valence-electron chi connectivity index (χ3n) is 10.7. The van der Waals surface area contributed by atoms with Crippen molar-refractivity contribution in [2.75, 3.05) is 62.3 Å². The minimum absolute atomic E-state index is 0.0482. The van der Waals surface area contributed by atoms with Crippen molar-refractivity contribution in [2.24, 2.45) is 23.7 Å². The van der Waals surface area contributed by atoms with E-state index in [0.29, 0.717) is 5.02 Å². The molecule has 7 rings (SSSR count). The van der Waals surface area contributed by atoms with Gasteiger partial charge in [-0.1, -0.05) is 23.7 Å². The first-order valence-electron chi connectivity index (χ1n) is 20.1. The Balaban J connectivity index is 0.000000222. The van der Waals surface area contributed by atoms with E-state index >= 15 is 0 Å². The summed E-state index contributed by atoms with van der Waals surface area (Å²) in [4.78, 5) is 81.1. The fourth-order valence-electron chi connectivity index (χ4n) is 7.56. The number of carbonyl (C=O) groups excluding carboxylic acids is 4. The zero-order valence-corrected chi connectivity index (χ0v) is 35.5. The molecule has 2 aliphatic heterocycles. The van der Waals surface area contributed by atoms with Crippen LogP contribution in [0.1, 0.15) is 0 Å². The number of amides is 3. The molecule has 5 heterocycles. The topological polar surface area (TPSA) is 177 Å². The molecule has 0 unspecified atom stereocenters. The summed E-state index contributed by atoms with van der Waals surface area (Å²) in [6.07, 6.45) is -0.984. The van der Waals surface area contributed by atoms with Crippen LogP contribution in [0, 0.1) is 35.3 Å². The zero-order chi connectivity index (χ0) is 47.7. The molecule has 0 radical (unpaired) electrons. The molecule has 5 aromatic rings. The number of pyridine rings is 3. The van der Waals surface area contributed by atoms with Crippen LogP contribution in [-0.2, 0) is 23.9 Å². The van der Waals surface area contributed by atoms with Gasteiger partial charge in [-0.25, -0.2) is 31.3 Å². The SMILES string of the molecule is COC(=O)[C@H]1CN(CC(F)F)C[C@@H]1C(=O)Nc1ccc(-n2ccccc2=O)cc1F.O=C(Nc1ccc(Cl)cn1)[C@H]1CN(CC(F)F)C[C@@H]1C(=O)Nc1ccc(-n2ccccc2=O)cc1F. The van der Waals surface area contributed by atoms with Crippen molar-refractivity contribution in [3.8, 4) is 11.4 Å². The van der Waals surface area contributed by atoms with Gasteiger partial charge in [0.05, 0.1) is 71.6 Å². The fraction of sp³-hybridized carbons (Fsp3) is 0.295. The third-order valence-corrected chi connectivity index (χ3v) is 10.9. The van der Waals surface area contributed by atoms with Gasteiger partial charge in [0, 0.05) is 69.0 Å². The predicted octanol–water partition coefficient (Wildman–Crippen LogP) is 5.32. The van der Waals surface area contributed by atoms with Crippen LogP contribution in [0.5, 0.6) is 0 Å². The number of carbonyl (C=O) groups is 4. The van der Waals surface area contributed by atoms with Gasteiger partial charge in [0.1, 0.15) is 17.5 Å². The van der Waals surface area contributed by atoms with E-state index < -0.39 is 84.9 Å². The normalized spacial score (nSPS) is 18.4. The summed E-state index contributed by atoms with van der Waals surface area (Å²) in [5.41, 5.74) is -0.495. The summed E-state index contributed by atoms with van der Waals surface area (Å²) in [5.74, 6) is -7.94. The Morgan fingerprint density at radius 2 is 1.09 bits per heavy atom. The average Bonchev–Trinajstić information content (AvgIpc) is 3.90. The van der Waals surface area contributed by atoms with Crippen LogP contribution in [0.15, 0.2) is 113 Å². The summed E-state index contributed by atoms with van der Waals surface area (Å²) < 4.78 is 87.9. The lowest BCUT2D eigenvalue weighted by atomic mass is 9.94. The number of hydrogen-bond donors (Lipinski definition) is 3. The lowest BCUT2D eigenvalue weighted by molar-refractivity contribution is -0.148. The molecule has 2 fully saturated rings. The Kier molecular flexibility index (Phi) is 16.1. The number of halogens is 7. The number of benzene rings is 2. The van der Waals surface area contributed by atoms with E-state index in [1.54, 1.807) is 24.3 Å². The quantitative estimate of drug-likeness (QED) is 0.104. The van der Waals surface area contributed by atoms with E-state index in [-0.39, 0.29) is 65.9 Å². The Labute approximate surface area is 376 Å².